The zero-order chi connectivity index (χ0) is 20.8. The maximum atomic E-state index is 12.4. The van der Waals surface area contributed by atoms with E-state index >= 15 is 0 Å². The standard InChI is InChI=1S/C22H26N2O3S2/c1-5-24-17-13-18(26-3)19(27-4)14-20(17)29-22(24)23-21(25)7-6-12-28-16-10-8-15(2)9-11-16/h8-11,13-14H,5-7,12H2,1-4H3. The number of aryl methyl sites for hydroxylation is 2. The van der Waals surface area contributed by atoms with Crippen LogP contribution in [0.25, 0.3) is 10.2 Å². The smallest absolute Gasteiger partial charge is 0.248 e. The van der Waals surface area contributed by atoms with Crippen LogP contribution < -0.4 is 14.3 Å². The van der Waals surface area contributed by atoms with Gasteiger partial charge in [0, 0.05) is 30.0 Å². The highest BCUT2D eigenvalue weighted by Crippen LogP contribution is 2.33. The zero-order valence-electron chi connectivity index (χ0n) is 17.2. The molecule has 1 amide bonds. The molecule has 1 heterocycles. The lowest BCUT2D eigenvalue weighted by Crippen LogP contribution is -2.15. The van der Waals surface area contributed by atoms with E-state index in [2.05, 4.69) is 36.2 Å². The predicted molar refractivity (Wildman–Crippen MR) is 120 cm³/mol. The van der Waals surface area contributed by atoms with Gasteiger partial charge in [0.05, 0.1) is 24.4 Å². The molecular weight excluding hydrogens is 404 g/mol. The Bertz CT molecular complexity index is 1050. The predicted octanol–water partition coefficient (Wildman–Crippen LogP) is 5.05. The second-order valence-corrected chi connectivity index (χ2v) is 8.75. The summed E-state index contributed by atoms with van der Waals surface area (Å²) in [5.74, 6) is 2.17. The molecule has 7 heteroatoms. The SMILES string of the molecule is CCn1c(=NC(=O)CCCSc2ccc(C)cc2)sc2cc(OC)c(OC)cc21. The number of hydrogen-bond acceptors (Lipinski definition) is 5. The lowest BCUT2D eigenvalue weighted by atomic mass is 10.2. The molecule has 0 aliphatic carbocycles. The third-order valence-corrected chi connectivity index (χ3v) is 6.69. The summed E-state index contributed by atoms with van der Waals surface area (Å²) in [5, 5.41) is 0. The first-order chi connectivity index (χ1) is 14.0. The van der Waals surface area contributed by atoms with Crippen molar-refractivity contribution in [2.24, 2.45) is 4.99 Å². The van der Waals surface area contributed by atoms with Crippen LogP contribution in [0.4, 0.5) is 0 Å². The van der Waals surface area contributed by atoms with Gasteiger partial charge >= 0.3 is 0 Å². The number of rotatable bonds is 8. The van der Waals surface area contributed by atoms with Gasteiger partial charge in [-0.2, -0.15) is 4.99 Å². The third-order valence-electron chi connectivity index (χ3n) is 4.55. The molecule has 5 nitrogen and oxygen atoms in total. The van der Waals surface area contributed by atoms with Gasteiger partial charge in [0.15, 0.2) is 16.3 Å². The van der Waals surface area contributed by atoms with Crippen LogP contribution in [0.2, 0.25) is 0 Å². The van der Waals surface area contributed by atoms with E-state index in [4.69, 9.17) is 9.47 Å². The second kappa shape index (κ2) is 9.98. The Kier molecular flexibility index (Phi) is 7.39. The van der Waals surface area contributed by atoms with Crippen molar-refractivity contribution in [1.82, 2.24) is 4.57 Å². The van der Waals surface area contributed by atoms with E-state index in [1.54, 1.807) is 26.0 Å². The molecule has 0 unspecified atom stereocenters. The summed E-state index contributed by atoms with van der Waals surface area (Å²) in [6.45, 7) is 4.85. The monoisotopic (exact) mass is 430 g/mol. The van der Waals surface area contributed by atoms with Gasteiger partial charge in [-0.25, -0.2) is 0 Å². The number of thiazole rings is 1. The van der Waals surface area contributed by atoms with Crippen LogP contribution in [0.15, 0.2) is 46.3 Å². The Hall–Kier alpha value is -2.25. The second-order valence-electron chi connectivity index (χ2n) is 6.57. The van der Waals surface area contributed by atoms with Gasteiger partial charge in [0.25, 0.3) is 0 Å². The van der Waals surface area contributed by atoms with Crippen molar-refractivity contribution in [3.8, 4) is 11.5 Å². The van der Waals surface area contributed by atoms with Gasteiger partial charge in [0.1, 0.15) is 0 Å². The number of fused-ring (bicyclic) bond motifs is 1. The van der Waals surface area contributed by atoms with Crippen LogP contribution in [0.1, 0.15) is 25.3 Å². The quantitative estimate of drug-likeness (QED) is 0.371. The Morgan fingerprint density at radius 1 is 1.14 bits per heavy atom. The molecular formula is C22H26N2O3S2. The van der Waals surface area contributed by atoms with E-state index in [0.717, 1.165) is 28.9 Å². The van der Waals surface area contributed by atoms with E-state index in [9.17, 15) is 4.79 Å². The fraction of sp³-hybridized carbons (Fsp3) is 0.364. The molecule has 0 radical (unpaired) electrons. The molecule has 2 aromatic carbocycles. The van der Waals surface area contributed by atoms with E-state index in [0.29, 0.717) is 22.7 Å². The molecule has 0 bridgehead atoms. The van der Waals surface area contributed by atoms with Crippen molar-refractivity contribution in [3.05, 3.63) is 46.8 Å². The Labute approximate surface area is 179 Å². The van der Waals surface area contributed by atoms with E-state index in [1.807, 2.05) is 23.6 Å². The number of benzene rings is 2. The third kappa shape index (κ3) is 5.22. The van der Waals surface area contributed by atoms with Gasteiger partial charge in [-0.05, 0) is 38.2 Å². The normalized spacial score (nSPS) is 11.8. The summed E-state index contributed by atoms with van der Waals surface area (Å²) in [7, 11) is 3.24. The highest BCUT2D eigenvalue weighted by atomic mass is 32.2. The molecule has 0 saturated heterocycles. The molecule has 0 spiro atoms. The molecule has 0 N–H and O–H groups in total. The Balaban J connectivity index is 1.71. The number of carbonyl (C=O) groups excluding carboxylic acids is 1. The minimum atomic E-state index is -0.0813. The molecule has 3 aromatic rings. The first-order valence-corrected chi connectivity index (χ1v) is 11.4. The summed E-state index contributed by atoms with van der Waals surface area (Å²) in [5.41, 5.74) is 2.25. The average Bonchev–Trinajstić information content (AvgIpc) is 3.06. The van der Waals surface area contributed by atoms with Crippen molar-refractivity contribution in [2.45, 2.75) is 38.1 Å². The summed E-state index contributed by atoms with van der Waals surface area (Å²) < 4.78 is 13.9. The van der Waals surface area contributed by atoms with Gasteiger partial charge in [0.2, 0.25) is 5.91 Å². The summed E-state index contributed by atoms with van der Waals surface area (Å²) in [6, 6.07) is 12.3. The number of carbonyl (C=O) groups is 1. The summed E-state index contributed by atoms with van der Waals surface area (Å²) in [4.78, 5) is 18.8. The minimum Gasteiger partial charge on any atom is -0.493 e. The van der Waals surface area contributed by atoms with E-state index < -0.39 is 0 Å². The Morgan fingerprint density at radius 2 is 1.83 bits per heavy atom. The van der Waals surface area contributed by atoms with E-state index in [-0.39, 0.29) is 5.91 Å². The number of hydrogen-bond donors (Lipinski definition) is 0. The summed E-state index contributed by atoms with van der Waals surface area (Å²) in [6.07, 6.45) is 1.25. The van der Waals surface area contributed by atoms with Crippen molar-refractivity contribution >= 4 is 39.2 Å². The van der Waals surface area contributed by atoms with Crippen molar-refractivity contribution < 1.29 is 14.3 Å². The van der Waals surface area contributed by atoms with Crippen LogP contribution >= 0.6 is 23.1 Å². The highest BCUT2D eigenvalue weighted by molar-refractivity contribution is 7.99. The van der Waals surface area contributed by atoms with Gasteiger partial charge in [-0.1, -0.05) is 29.0 Å². The number of aromatic nitrogens is 1. The summed E-state index contributed by atoms with van der Waals surface area (Å²) >= 11 is 3.27. The van der Waals surface area contributed by atoms with Crippen LogP contribution in [-0.4, -0.2) is 30.4 Å². The number of nitrogens with zero attached hydrogens (tertiary/aromatic N) is 2. The first kappa shape index (κ1) is 21.5. The fourth-order valence-corrected chi connectivity index (χ4v) is 4.97. The minimum absolute atomic E-state index is 0.0813. The number of methoxy groups -OCH3 is 2. The highest BCUT2D eigenvalue weighted by Gasteiger charge is 2.12. The van der Waals surface area contributed by atoms with E-state index in [1.165, 1.54) is 21.8 Å². The molecule has 0 aliphatic rings. The molecule has 0 saturated carbocycles. The molecule has 0 aliphatic heterocycles. The topological polar surface area (TPSA) is 52.8 Å². The molecule has 0 atom stereocenters. The maximum absolute atomic E-state index is 12.4. The van der Waals surface area contributed by atoms with Crippen LogP contribution in [0.5, 0.6) is 11.5 Å². The van der Waals surface area contributed by atoms with Gasteiger partial charge in [-0.15, -0.1) is 11.8 Å². The van der Waals surface area contributed by atoms with Crippen molar-refractivity contribution in [1.29, 1.82) is 0 Å². The zero-order valence-corrected chi connectivity index (χ0v) is 18.9. The average molecular weight is 431 g/mol. The number of ether oxygens (including phenoxy) is 2. The lowest BCUT2D eigenvalue weighted by molar-refractivity contribution is -0.118. The number of amides is 1. The van der Waals surface area contributed by atoms with Gasteiger partial charge < -0.3 is 14.0 Å². The van der Waals surface area contributed by atoms with Gasteiger partial charge in [-0.3, -0.25) is 4.79 Å². The molecule has 154 valence electrons. The fourth-order valence-electron chi connectivity index (χ4n) is 3.00. The van der Waals surface area contributed by atoms with Crippen molar-refractivity contribution in [3.63, 3.8) is 0 Å². The molecule has 3 rings (SSSR count). The van der Waals surface area contributed by atoms with Crippen LogP contribution in [0.3, 0.4) is 0 Å². The molecule has 1 aromatic heterocycles. The van der Waals surface area contributed by atoms with Crippen molar-refractivity contribution in [2.75, 3.05) is 20.0 Å². The largest absolute Gasteiger partial charge is 0.493 e. The molecule has 0 fully saturated rings. The van der Waals surface area contributed by atoms with Crippen LogP contribution in [-0.2, 0) is 11.3 Å². The molecule has 29 heavy (non-hydrogen) atoms. The first-order valence-electron chi connectivity index (χ1n) is 9.58. The lowest BCUT2D eigenvalue weighted by Gasteiger charge is -2.08. The maximum Gasteiger partial charge on any atom is 0.248 e. The van der Waals surface area contributed by atoms with Crippen LogP contribution in [0, 0.1) is 6.92 Å². The Morgan fingerprint density at radius 3 is 2.48 bits per heavy atom. The number of thioether (sulfide) groups is 1.